The molecule has 0 saturated heterocycles. The number of rotatable bonds is 7. The van der Waals surface area contributed by atoms with Gasteiger partial charge < -0.3 is 10.1 Å². The van der Waals surface area contributed by atoms with Gasteiger partial charge in [0.2, 0.25) is 0 Å². The van der Waals surface area contributed by atoms with Crippen molar-refractivity contribution in [2.75, 3.05) is 6.07 Å². The number of hydrogen-bond donors (Lipinski definition) is 1. The van der Waals surface area contributed by atoms with Gasteiger partial charge in [-0.2, -0.15) is 0 Å². The second kappa shape index (κ2) is 8.45. The molecule has 2 rings (SSSR count). The minimum absolute atomic E-state index is 0.0953. The van der Waals surface area contributed by atoms with Crippen LogP contribution in [0.2, 0.25) is 0 Å². The molecule has 0 saturated carbocycles. The van der Waals surface area contributed by atoms with Crippen LogP contribution in [0, 0.1) is 0 Å². The van der Waals surface area contributed by atoms with Crippen LogP contribution in [-0.4, -0.2) is 12.0 Å². The van der Waals surface area contributed by atoms with E-state index in [-0.39, 0.29) is 24.5 Å². The van der Waals surface area contributed by atoms with Gasteiger partial charge in [0, 0.05) is 12.6 Å². The maximum absolute atomic E-state index is 11.7. The van der Waals surface area contributed by atoms with E-state index in [2.05, 4.69) is 5.32 Å². The lowest BCUT2D eigenvalue weighted by Crippen LogP contribution is -2.24. The third-order valence-electron chi connectivity index (χ3n) is 3.18. The number of hydrogen-bond acceptors (Lipinski definition) is 3. The topological polar surface area (TPSA) is 38.3 Å². The Morgan fingerprint density at radius 3 is 2.29 bits per heavy atom. The average molecular weight is 304 g/mol. The first kappa shape index (κ1) is 15.5. The lowest BCUT2D eigenvalue weighted by molar-refractivity contribution is -0.142. The van der Waals surface area contributed by atoms with Crippen LogP contribution >= 0.6 is 11.6 Å². The Kier molecular flexibility index (Phi) is 6.25. The molecule has 0 aliphatic rings. The fraction of sp³-hybridized carbons (Fsp3) is 0.235. The molecule has 0 aliphatic heterocycles. The van der Waals surface area contributed by atoms with Crippen molar-refractivity contribution in [3.05, 3.63) is 71.8 Å². The van der Waals surface area contributed by atoms with Gasteiger partial charge in [-0.1, -0.05) is 72.3 Å². The predicted octanol–water partition coefficient (Wildman–Crippen LogP) is 3.65. The highest BCUT2D eigenvalue weighted by Gasteiger charge is 2.16. The third kappa shape index (κ3) is 5.21. The summed E-state index contributed by atoms with van der Waals surface area (Å²) in [5.41, 5.74) is 2.23. The van der Waals surface area contributed by atoms with E-state index in [0.29, 0.717) is 6.54 Å². The summed E-state index contributed by atoms with van der Waals surface area (Å²) in [6.07, 6.45) is 0.254. The summed E-state index contributed by atoms with van der Waals surface area (Å²) in [4.78, 5) is 11.7. The fourth-order valence-corrected chi connectivity index (χ4v) is 2.24. The van der Waals surface area contributed by atoms with Crippen LogP contribution in [0.1, 0.15) is 23.6 Å². The molecule has 1 atom stereocenters. The van der Waals surface area contributed by atoms with Gasteiger partial charge in [-0.25, -0.2) is 0 Å². The van der Waals surface area contributed by atoms with Gasteiger partial charge in [0.1, 0.15) is 0 Å². The fourth-order valence-electron chi connectivity index (χ4n) is 2.12. The SMILES string of the molecule is O=C(CC(NCc1ccccc1)c1ccccc1)OCCl. The molecule has 3 nitrogen and oxygen atoms in total. The van der Waals surface area contributed by atoms with Crippen molar-refractivity contribution < 1.29 is 9.53 Å². The van der Waals surface area contributed by atoms with Crippen LogP contribution in [0.25, 0.3) is 0 Å². The molecular formula is C17H18ClNO2. The zero-order valence-corrected chi connectivity index (χ0v) is 12.4. The van der Waals surface area contributed by atoms with E-state index in [1.807, 2.05) is 60.7 Å². The number of halogens is 1. The summed E-state index contributed by atoms with van der Waals surface area (Å²) >= 11 is 5.44. The molecule has 0 aliphatic carbocycles. The molecule has 4 heteroatoms. The lowest BCUT2D eigenvalue weighted by atomic mass is 10.0. The summed E-state index contributed by atoms with van der Waals surface area (Å²) in [7, 11) is 0. The summed E-state index contributed by atoms with van der Waals surface area (Å²) in [6.45, 7) is 0.689. The number of nitrogens with one attached hydrogen (secondary N) is 1. The van der Waals surface area contributed by atoms with Crippen LogP contribution in [-0.2, 0) is 16.1 Å². The molecule has 0 heterocycles. The first-order valence-electron chi connectivity index (χ1n) is 6.83. The quantitative estimate of drug-likeness (QED) is 0.627. The highest BCUT2D eigenvalue weighted by Crippen LogP contribution is 2.18. The van der Waals surface area contributed by atoms with E-state index >= 15 is 0 Å². The molecule has 0 spiro atoms. The zero-order valence-electron chi connectivity index (χ0n) is 11.7. The smallest absolute Gasteiger partial charge is 0.308 e. The maximum atomic E-state index is 11.7. The van der Waals surface area contributed by atoms with Gasteiger partial charge in [0.05, 0.1) is 6.42 Å². The van der Waals surface area contributed by atoms with Gasteiger partial charge in [-0.05, 0) is 11.1 Å². The third-order valence-corrected chi connectivity index (χ3v) is 3.29. The van der Waals surface area contributed by atoms with Crippen molar-refractivity contribution in [1.82, 2.24) is 5.32 Å². The Bertz CT molecular complexity index is 545. The Balaban J connectivity index is 2.03. The normalized spacial score (nSPS) is 11.9. The molecule has 2 aromatic rings. The first-order chi connectivity index (χ1) is 10.3. The van der Waals surface area contributed by atoms with E-state index in [1.165, 1.54) is 5.56 Å². The number of ether oxygens (including phenoxy) is 1. The summed E-state index contributed by atoms with van der Waals surface area (Å²) in [5, 5.41) is 3.40. The molecule has 1 N–H and O–H groups in total. The highest BCUT2D eigenvalue weighted by atomic mass is 35.5. The standard InChI is InChI=1S/C17H18ClNO2/c18-13-21-17(20)11-16(15-9-5-2-6-10-15)19-12-14-7-3-1-4-8-14/h1-10,16,19H,11-13H2. The Hall–Kier alpha value is -1.84. The van der Waals surface area contributed by atoms with Crippen molar-refractivity contribution in [2.24, 2.45) is 0 Å². The molecule has 0 amide bonds. The first-order valence-corrected chi connectivity index (χ1v) is 7.37. The lowest BCUT2D eigenvalue weighted by Gasteiger charge is -2.18. The second-order valence-corrected chi connectivity index (χ2v) is 4.88. The average Bonchev–Trinajstić information content (AvgIpc) is 2.53. The van der Waals surface area contributed by atoms with Crippen LogP contribution < -0.4 is 5.32 Å². The maximum Gasteiger partial charge on any atom is 0.308 e. The molecule has 0 fully saturated rings. The second-order valence-electron chi connectivity index (χ2n) is 4.66. The van der Waals surface area contributed by atoms with Crippen molar-refractivity contribution in [2.45, 2.75) is 19.0 Å². The molecule has 110 valence electrons. The molecule has 0 aromatic heterocycles. The molecule has 1 unspecified atom stereocenters. The molecule has 0 bridgehead atoms. The molecule has 21 heavy (non-hydrogen) atoms. The van der Waals surface area contributed by atoms with E-state index in [9.17, 15) is 4.79 Å². The van der Waals surface area contributed by atoms with Crippen molar-refractivity contribution in [3.8, 4) is 0 Å². The number of carbonyl (C=O) groups is 1. The van der Waals surface area contributed by atoms with Crippen molar-refractivity contribution in [1.29, 1.82) is 0 Å². The van der Waals surface area contributed by atoms with Gasteiger partial charge in [0.25, 0.3) is 0 Å². The number of esters is 1. The molecular weight excluding hydrogens is 286 g/mol. The van der Waals surface area contributed by atoms with Gasteiger partial charge in [0.15, 0.2) is 6.07 Å². The predicted molar refractivity (Wildman–Crippen MR) is 83.9 cm³/mol. The van der Waals surface area contributed by atoms with Crippen molar-refractivity contribution >= 4 is 17.6 Å². The summed E-state index contributed by atoms with van der Waals surface area (Å²) < 4.78 is 4.83. The number of carbonyl (C=O) groups excluding carboxylic acids is 1. The van der Waals surface area contributed by atoms with E-state index < -0.39 is 0 Å². The number of benzene rings is 2. The summed E-state index contributed by atoms with van der Waals surface area (Å²) in [5.74, 6) is -0.306. The Labute approximate surface area is 129 Å². The highest BCUT2D eigenvalue weighted by molar-refractivity contribution is 6.17. The van der Waals surface area contributed by atoms with Gasteiger partial charge >= 0.3 is 5.97 Å². The largest absolute Gasteiger partial charge is 0.449 e. The monoisotopic (exact) mass is 303 g/mol. The van der Waals surface area contributed by atoms with E-state index in [4.69, 9.17) is 16.3 Å². The Morgan fingerprint density at radius 1 is 1.05 bits per heavy atom. The minimum atomic E-state index is -0.306. The van der Waals surface area contributed by atoms with Crippen LogP contribution in [0.3, 0.4) is 0 Å². The van der Waals surface area contributed by atoms with Crippen LogP contribution in [0.5, 0.6) is 0 Å². The van der Waals surface area contributed by atoms with Crippen LogP contribution in [0.15, 0.2) is 60.7 Å². The zero-order chi connectivity index (χ0) is 14.9. The van der Waals surface area contributed by atoms with E-state index in [1.54, 1.807) is 0 Å². The minimum Gasteiger partial charge on any atom is -0.449 e. The van der Waals surface area contributed by atoms with Crippen molar-refractivity contribution in [3.63, 3.8) is 0 Å². The summed E-state index contributed by atoms with van der Waals surface area (Å²) in [6, 6.07) is 19.7. The Morgan fingerprint density at radius 2 is 1.67 bits per heavy atom. The van der Waals surface area contributed by atoms with Gasteiger partial charge in [-0.15, -0.1) is 0 Å². The number of alkyl halides is 1. The molecule has 0 radical (unpaired) electrons. The van der Waals surface area contributed by atoms with E-state index in [0.717, 1.165) is 5.56 Å². The van der Waals surface area contributed by atoms with Gasteiger partial charge in [-0.3, -0.25) is 4.79 Å². The van der Waals surface area contributed by atoms with Crippen LogP contribution in [0.4, 0.5) is 0 Å². The molecule has 2 aromatic carbocycles.